The Hall–Kier alpha value is -0.770. The van der Waals surface area contributed by atoms with Crippen molar-refractivity contribution in [3.8, 4) is 0 Å². The van der Waals surface area contributed by atoms with Crippen LogP contribution >= 0.6 is 0 Å². The number of hydrogen-bond donors (Lipinski definition) is 0. The molecule has 5 spiro atoms. The van der Waals surface area contributed by atoms with E-state index >= 15 is 0 Å². The molecular formula is C96H174O8. The lowest BCUT2D eigenvalue weighted by atomic mass is 9.43. The van der Waals surface area contributed by atoms with Crippen LogP contribution in [-0.2, 0) is 38.0 Å². The summed E-state index contributed by atoms with van der Waals surface area (Å²) < 4.78 is 40.5. The van der Waals surface area contributed by atoms with Crippen LogP contribution in [0.4, 0.5) is 0 Å². The van der Waals surface area contributed by atoms with E-state index in [1.54, 1.807) is 135 Å². The third-order valence-electron chi connectivity index (χ3n) is 31.7. The van der Waals surface area contributed by atoms with Crippen LogP contribution in [0, 0.1) is 117 Å². The minimum atomic E-state index is -0.347. The number of rotatable bonds is 0. The van der Waals surface area contributed by atoms with Gasteiger partial charge in [0.2, 0.25) is 0 Å². The summed E-state index contributed by atoms with van der Waals surface area (Å²) in [7, 11) is 0. The lowest BCUT2D eigenvalue weighted by Crippen LogP contribution is -2.61. The van der Waals surface area contributed by atoms with Gasteiger partial charge in [-0.15, -0.1) is 0 Å². The summed E-state index contributed by atoms with van der Waals surface area (Å²) in [5, 5.41) is 0. The Kier molecular flexibility index (Phi) is 36.0. The third kappa shape index (κ3) is 21.6. The standard InChI is InChI=1S/C16H26.C13H20O2.C13H22.C12H18O2.C12H22.C10H14O2.C8H16O2.6C2H6/c1-2-4-6-16(5-3-1)14-8-12-7-13(10-14)11-15(16)9-12;1-2-14-13(15-3-1)11-5-9-4-10(7-11)8-12(13)6-9;1-2-4-8-13(7-3-1)10-11-5-6-12(13)9-11;1-2-14-12(13-1)10-4-8-3-9(6-10)7-11(12)5-8;1-2-5-9-12(8-4-1)10-6-3-7-11-12;11-10-8-2-6-1-7(3-8)5-9(4-6)12-10;1-8(2)9-6-4-3-5-7-10-8;6*1-2/h12-15H,1-11H2;9-12H,1-8H2;11-12H,1-10H2;8-11H,1-7H2;1-11H2;6-9H,1-5H2;3-7H2,1-2H3;6*1-2H3. The van der Waals surface area contributed by atoms with Crippen LogP contribution in [0.3, 0.4) is 0 Å². The SMILES string of the molecule is C1CCCC2(CC1)C1CC3CC(C1)CC2C3.C1CCCC2(CC1)CC1CCC2C1.C1CCCC2(CC1)CCCCC2.C1COC2(O1)C1CC3CC(C1)CC2C3.C1COC2(OC1)C1CC3CC(C1)CC2C3.CC.CC.CC.CC.CC.CC.CC1(C)OCCCCCO1.O=C1OC2CC3CC(C2)CC1C3. The van der Waals surface area contributed by atoms with Crippen LogP contribution in [0.1, 0.15) is 424 Å². The molecule has 25 fully saturated rings. The minimum Gasteiger partial charge on any atom is -0.462 e. The van der Waals surface area contributed by atoms with Crippen molar-refractivity contribution in [1.29, 1.82) is 0 Å². The first kappa shape index (κ1) is 87.2. The molecule has 25 aliphatic rings. The van der Waals surface area contributed by atoms with Gasteiger partial charge in [-0.05, 0) is 326 Å². The van der Waals surface area contributed by atoms with Gasteiger partial charge in [0.25, 0.3) is 0 Å². The first-order valence-corrected chi connectivity index (χ1v) is 48.0. The van der Waals surface area contributed by atoms with Gasteiger partial charge in [0.1, 0.15) is 6.10 Å². The molecule has 0 aromatic rings. The lowest BCUT2D eigenvalue weighted by molar-refractivity contribution is -0.358. The Bertz CT molecular complexity index is 2200. The van der Waals surface area contributed by atoms with Crippen molar-refractivity contribution in [2.24, 2.45) is 117 Å². The molecule has 0 aromatic heterocycles. The Labute approximate surface area is 644 Å². The Morgan fingerprint density at radius 1 is 0.269 bits per heavy atom. The molecule has 5 aliphatic heterocycles. The van der Waals surface area contributed by atoms with Gasteiger partial charge >= 0.3 is 5.97 Å². The average Bonchev–Trinajstić information content (AvgIpc) is 1.20. The zero-order chi connectivity index (χ0) is 74.2. The van der Waals surface area contributed by atoms with Crippen LogP contribution in [0.2, 0.25) is 0 Å². The predicted octanol–water partition coefficient (Wildman–Crippen LogP) is 27.8. The zero-order valence-electron chi connectivity index (χ0n) is 71.5. The van der Waals surface area contributed by atoms with E-state index in [1.165, 1.54) is 172 Å². The fourth-order valence-electron chi connectivity index (χ4n) is 28.2. The largest absolute Gasteiger partial charge is 0.462 e. The molecule has 8 heteroatoms. The van der Waals surface area contributed by atoms with Gasteiger partial charge in [-0.3, -0.25) is 4.79 Å². The van der Waals surface area contributed by atoms with E-state index in [-0.39, 0.29) is 35.4 Å². The molecular weight excluding hydrogens is 1280 g/mol. The summed E-state index contributed by atoms with van der Waals surface area (Å²) >= 11 is 0. The van der Waals surface area contributed by atoms with E-state index in [2.05, 4.69) is 0 Å². The number of esters is 1. The molecule has 606 valence electrons. The van der Waals surface area contributed by atoms with Gasteiger partial charge in [-0.1, -0.05) is 186 Å². The Balaban J connectivity index is 0.000000138. The molecule has 4 atom stereocenters. The number of carbonyl (C=O) groups is 1. The fraction of sp³-hybridized carbons (Fsp3) is 0.990. The molecule has 5 saturated heterocycles. The quantitative estimate of drug-likeness (QED) is 0.222. The van der Waals surface area contributed by atoms with Crippen molar-refractivity contribution in [3.63, 3.8) is 0 Å². The topological polar surface area (TPSA) is 81.7 Å². The van der Waals surface area contributed by atoms with E-state index in [0.29, 0.717) is 0 Å². The monoisotopic (exact) mass is 1460 g/mol. The average molecular weight is 1460 g/mol. The first-order chi connectivity index (χ1) is 50.9. The summed E-state index contributed by atoms with van der Waals surface area (Å²) in [6.45, 7) is 33.2. The maximum absolute atomic E-state index is 11.4. The van der Waals surface area contributed by atoms with Gasteiger partial charge in [-0.25, -0.2) is 0 Å². The molecule has 8 nitrogen and oxygen atoms in total. The summed E-state index contributed by atoms with van der Waals surface area (Å²) in [6, 6.07) is 0. The zero-order valence-corrected chi connectivity index (χ0v) is 71.5. The highest BCUT2D eigenvalue weighted by Gasteiger charge is 2.62. The Morgan fingerprint density at radius 2 is 0.577 bits per heavy atom. The molecule has 0 aromatic carbocycles. The van der Waals surface area contributed by atoms with Crippen molar-refractivity contribution >= 4 is 5.97 Å². The highest BCUT2D eigenvalue weighted by molar-refractivity contribution is 5.73. The molecule has 0 amide bonds. The van der Waals surface area contributed by atoms with Gasteiger partial charge in [-0.2, -0.15) is 0 Å². The second kappa shape index (κ2) is 42.9. The van der Waals surface area contributed by atoms with Crippen LogP contribution in [0.5, 0.6) is 0 Å². The molecule has 104 heavy (non-hydrogen) atoms. The van der Waals surface area contributed by atoms with Crippen LogP contribution in [0.25, 0.3) is 0 Å². The van der Waals surface area contributed by atoms with Crippen molar-refractivity contribution in [2.45, 2.75) is 448 Å². The van der Waals surface area contributed by atoms with Gasteiger partial charge in [0, 0.05) is 36.9 Å². The van der Waals surface area contributed by atoms with E-state index in [1.807, 2.05) is 96.9 Å². The molecule has 20 saturated carbocycles. The molecule has 25 rings (SSSR count). The third-order valence-corrected chi connectivity index (χ3v) is 31.7. The molecule has 0 N–H and O–H groups in total. The second-order valence-electron chi connectivity index (χ2n) is 37.9. The number of ether oxygens (including phenoxy) is 7. The highest BCUT2D eigenvalue weighted by Crippen LogP contribution is 2.67. The van der Waals surface area contributed by atoms with E-state index < -0.39 is 0 Å². The molecule has 18 bridgehead atoms. The summed E-state index contributed by atoms with van der Waals surface area (Å²) in [4.78, 5) is 11.4. The molecule has 5 heterocycles. The minimum absolute atomic E-state index is 0.102. The van der Waals surface area contributed by atoms with E-state index in [0.717, 1.165) is 171 Å². The summed E-state index contributed by atoms with van der Waals surface area (Å²) in [5.41, 5.74) is 2.58. The van der Waals surface area contributed by atoms with Crippen molar-refractivity contribution in [2.75, 3.05) is 39.6 Å². The maximum atomic E-state index is 11.4. The summed E-state index contributed by atoms with van der Waals surface area (Å²) in [5.74, 6) is 15.4. The van der Waals surface area contributed by atoms with Crippen molar-refractivity contribution in [1.82, 2.24) is 0 Å². The van der Waals surface area contributed by atoms with Gasteiger partial charge in [0.15, 0.2) is 17.4 Å². The van der Waals surface area contributed by atoms with Gasteiger partial charge in [0.05, 0.1) is 32.3 Å². The highest BCUT2D eigenvalue weighted by atomic mass is 16.7. The van der Waals surface area contributed by atoms with Crippen LogP contribution in [0.15, 0.2) is 0 Å². The molecule has 20 aliphatic carbocycles. The van der Waals surface area contributed by atoms with Crippen LogP contribution < -0.4 is 0 Å². The van der Waals surface area contributed by atoms with Gasteiger partial charge < -0.3 is 33.2 Å². The summed E-state index contributed by atoms with van der Waals surface area (Å²) in [6.07, 6.45) is 75.1. The van der Waals surface area contributed by atoms with Crippen molar-refractivity contribution in [3.05, 3.63) is 0 Å². The number of carbonyl (C=O) groups excluding carboxylic acids is 1. The first-order valence-electron chi connectivity index (χ1n) is 48.0. The number of fused-ring (bicyclic) bond motifs is 4. The van der Waals surface area contributed by atoms with Crippen LogP contribution in [-0.4, -0.2) is 69.1 Å². The molecule has 4 unspecified atom stereocenters. The smallest absolute Gasteiger partial charge is 0.309 e. The Morgan fingerprint density at radius 3 is 0.942 bits per heavy atom. The lowest BCUT2D eigenvalue weighted by Gasteiger charge is -2.62. The fourth-order valence-corrected chi connectivity index (χ4v) is 28.2. The van der Waals surface area contributed by atoms with Crippen molar-refractivity contribution < 1.29 is 38.0 Å². The molecule has 0 radical (unpaired) electrons. The maximum Gasteiger partial charge on any atom is 0.309 e. The van der Waals surface area contributed by atoms with E-state index in [9.17, 15) is 4.79 Å². The predicted molar refractivity (Wildman–Crippen MR) is 435 cm³/mol. The van der Waals surface area contributed by atoms with E-state index in [4.69, 9.17) is 33.2 Å². The number of hydrogen-bond acceptors (Lipinski definition) is 8. The second-order valence-corrected chi connectivity index (χ2v) is 37.9. The normalized spacial score (nSPS) is 39.7.